The summed E-state index contributed by atoms with van der Waals surface area (Å²) in [5.74, 6) is 0.477. The standard InChI is InChI=1S/C16H18F2INO2/c1-3-22-11-4-5-12(10(2)8-11)14-7-6-13(19)16(21)20(14)9-15(17)18/h4-5,7-8,13,15H,3,6,9H2,1-2H3. The lowest BCUT2D eigenvalue weighted by molar-refractivity contribution is -0.128. The molecule has 120 valence electrons. The number of carbonyl (C=O) groups excluding carboxylic acids is 1. The van der Waals surface area contributed by atoms with Crippen LogP contribution in [-0.2, 0) is 4.79 Å². The number of halogens is 3. The molecule has 1 aliphatic rings. The number of rotatable bonds is 5. The first kappa shape index (κ1) is 17.2. The van der Waals surface area contributed by atoms with Gasteiger partial charge < -0.3 is 9.64 Å². The smallest absolute Gasteiger partial charge is 0.256 e. The second-order valence-electron chi connectivity index (χ2n) is 5.04. The molecule has 1 atom stereocenters. The maximum atomic E-state index is 12.8. The van der Waals surface area contributed by atoms with Crippen molar-refractivity contribution in [1.29, 1.82) is 0 Å². The van der Waals surface area contributed by atoms with E-state index in [0.717, 1.165) is 16.9 Å². The van der Waals surface area contributed by atoms with E-state index in [9.17, 15) is 13.6 Å². The van der Waals surface area contributed by atoms with Crippen molar-refractivity contribution in [2.75, 3.05) is 13.2 Å². The van der Waals surface area contributed by atoms with E-state index in [1.807, 2.05) is 54.6 Å². The molecular formula is C16H18F2INO2. The number of nitrogens with zero attached hydrogens (tertiary/aromatic N) is 1. The Bertz CT molecular complexity index is 590. The molecule has 1 heterocycles. The lowest BCUT2D eigenvalue weighted by Gasteiger charge is -2.32. The molecule has 1 aromatic rings. The van der Waals surface area contributed by atoms with Crippen molar-refractivity contribution in [3.63, 3.8) is 0 Å². The predicted molar refractivity (Wildman–Crippen MR) is 90.5 cm³/mol. The summed E-state index contributed by atoms with van der Waals surface area (Å²) in [5.41, 5.74) is 2.26. The number of benzene rings is 1. The van der Waals surface area contributed by atoms with Gasteiger partial charge in [-0.15, -0.1) is 0 Å². The molecule has 2 rings (SSSR count). The molecule has 1 aliphatic heterocycles. The fourth-order valence-corrected chi connectivity index (χ4v) is 3.07. The Balaban J connectivity index is 2.37. The van der Waals surface area contributed by atoms with Crippen LogP contribution in [0.3, 0.4) is 0 Å². The van der Waals surface area contributed by atoms with Crippen LogP contribution < -0.4 is 4.74 Å². The van der Waals surface area contributed by atoms with Gasteiger partial charge in [0.1, 0.15) is 5.75 Å². The van der Waals surface area contributed by atoms with Crippen molar-refractivity contribution in [2.24, 2.45) is 0 Å². The summed E-state index contributed by atoms with van der Waals surface area (Å²) in [6.45, 7) is 3.78. The average molecular weight is 421 g/mol. The van der Waals surface area contributed by atoms with Crippen LogP contribution in [0.1, 0.15) is 24.5 Å². The van der Waals surface area contributed by atoms with Crippen molar-refractivity contribution < 1.29 is 18.3 Å². The van der Waals surface area contributed by atoms with Gasteiger partial charge in [0.15, 0.2) is 0 Å². The molecule has 0 saturated heterocycles. The molecule has 0 fully saturated rings. The average Bonchev–Trinajstić information content (AvgIpc) is 2.45. The second kappa shape index (κ2) is 7.39. The molecule has 0 aromatic heterocycles. The van der Waals surface area contributed by atoms with Crippen molar-refractivity contribution in [3.05, 3.63) is 35.4 Å². The van der Waals surface area contributed by atoms with E-state index in [4.69, 9.17) is 4.74 Å². The van der Waals surface area contributed by atoms with E-state index in [-0.39, 0.29) is 9.83 Å². The minimum Gasteiger partial charge on any atom is -0.494 e. The zero-order valence-corrected chi connectivity index (χ0v) is 14.6. The topological polar surface area (TPSA) is 29.5 Å². The highest BCUT2D eigenvalue weighted by molar-refractivity contribution is 14.1. The lowest BCUT2D eigenvalue weighted by atomic mass is 10.00. The summed E-state index contributed by atoms with van der Waals surface area (Å²) in [5, 5.41) is 0. The first-order chi connectivity index (χ1) is 10.4. The molecule has 0 spiro atoms. The van der Waals surface area contributed by atoms with E-state index in [1.54, 1.807) is 6.07 Å². The molecule has 0 aliphatic carbocycles. The Morgan fingerprint density at radius 1 is 1.45 bits per heavy atom. The molecule has 0 N–H and O–H groups in total. The zero-order chi connectivity index (χ0) is 16.3. The van der Waals surface area contributed by atoms with Crippen LogP contribution in [0.2, 0.25) is 0 Å². The van der Waals surface area contributed by atoms with E-state index < -0.39 is 13.0 Å². The number of alkyl halides is 3. The molecule has 6 heteroatoms. The molecule has 0 radical (unpaired) electrons. The minimum absolute atomic E-state index is 0.258. The minimum atomic E-state index is -2.56. The van der Waals surface area contributed by atoms with Crippen LogP contribution in [0.4, 0.5) is 8.78 Å². The van der Waals surface area contributed by atoms with Gasteiger partial charge in [0.05, 0.1) is 17.1 Å². The number of carbonyl (C=O) groups is 1. The predicted octanol–water partition coefficient (Wildman–Crippen LogP) is 4.04. The molecule has 1 amide bonds. The first-order valence-corrected chi connectivity index (χ1v) is 8.36. The highest BCUT2D eigenvalue weighted by Crippen LogP contribution is 2.32. The largest absolute Gasteiger partial charge is 0.494 e. The maximum Gasteiger partial charge on any atom is 0.256 e. The maximum absolute atomic E-state index is 12.8. The molecular weight excluding hydrogens is 403 g/mol. The van der Waals surface area contributed by atoms with Crippen LogP contribution in [0.5, 0.6) is 5.75 Å². The van der Waals surface area contributed by atoms with E-state index in [2.05, 4.69) is 0 Å². The third kappa shape index (κ3) is 3.77. The Morgan fingerprint density at radius 2 is 2.18 bits per heavy atom. The van der Waals surface area contributed by atoms with E-state index in [1.165, 1.54) is 4.90 Å². The van der Waals surface area contributed by atoms with Gasteiger partial charge >= 0.3 is 0 Å². The molecule has 0 bridgehead atoms. The van der Waals surface area contributed by atoms with Gasteiger partial charge in [-0.2, -0.15) is 0 Å². The first-order valence-electron chi connectivity index (χ1n) is 7.11. The van der Waals surface area contributed by atoms with Gasteiger partial charge in [0.25, 0.3) is 6.43 Å². The lowest BCUT2D eigenvalue weighted by Crippen LogP contribution is -2.41. The number of aryl methyl sites for hydroxylation is 1. The number of hydrogen-bond donors (Lipinski definition) is 0. The zero-order valence-electron chi connectivity index (χ0n) is 12.5. The second-order valence-corrected chi connectivity index (χ2v) is 6.55. The Labute approximate surface area is 142 Å². The highest BCUT2D eigenvalue weighted by Gasteiger charge is 2.31. The molecule has 1 unspecified atom stereocenters. The Morgan fingerprint density at radius 3 is 2.77 bits per heavy atom. The molecule has 0 saturated carbocycles. The van der Waals surface area contributed by atoms with Gasteiger partial charge in [-0.1, -0.05) is 28.7 Å². The summed E-state index contributed by atoms with van der Waals surface area (Å²) < 4.78 is 30.8. The summed E-state index contributed by atoms with van der Waals surface area (Å²) in [7, 11) is 0. The fraction of sp³-hybridized carbons (Fsp3) is 0.438. The SMILES string of the molecule is CCOc1ccc(C2=CCC(I)C(=O)N2CC(F)F)c(C)c1. The van der Waals surface area contributed by atoms with E-state index in [0.29, 0.717) is 18.7 Å². The number of amides is 1. The van der Waals surface area contributed by atoms with Crippen molar-refractivity contribution in [3.8, 4) is 5.75 Å². The van der Waals surface area contributed by atoms with Gasteiger partial charge in [-0.25, -0.2) is 8.78 Å². The van der Waals surface area contributed by atoms with Crippen molar-refractivity contribution in [2.45, 2.75) is 30.6 Å². The van der Waals surface area contributed by atoms with Crippen LogP contribution in [0.15, 0.2) is 24.3 Å². The number of allylic oxidation sites excluding steroid dienone is 1. The monoisotopic (exact) mass is 421 g/mol. The van der Waals surface area contributed by atoms with Crippen LogP contribution >= 0.6 is 22.6 Å². The van der Waals surface area contributed by atoms with Crippen LogP contribution in [-0.4, -0.2) is 34.3 Å². The third-order valence-electron chi connectivity index (χ3n) is 3.45. The molecule has 3 nitrogen and oxygen atoms in total. The van der Waals surface area contributed by atoms with E-state index >= 15 is 0 Å². The van der Waals surface area contributed by atoms with Crippen molar-refractivity contribution in [1.82, 2.24) is 4.90 Å². The van der Waals surface area contributed by atoms with Crippen LogP contribution in [0, 0.1) is 6.92 Å². The summed E-state index contributed by atoms with van der Waals surface area (Å²) in [4.78, 5) is 13.4. The van der Waals surface area contributed by atoms with Crippen molar-refractivity contribution >= 4 is 34.2 Å². The van der Waals surface area contributed by atoms with Gasteiger partial charge in [-0.3, -0.25) is 4.79 Å². The normalized spacial score (nSPS) is 18.6. The van der Waals surface area contributed by atoms with Gasteiger partial charge in [0.2, 0.25) is 5.91 Å². The summed E-state index contributed by atoms with van der Waals surface area (Å²) >= 11 is 2.00. The Hall–Kier alpha value is -1.18. The van der Waals surface area contributed by atoms with Gasteiger partial charge in [0, 0.05) is 11.3 Å². The third-order valence-corrected chi connectivity index (χ3v) is 4.49. The highest BCUT2D eigenvalue weighted by atomic mass is 127. The molecule has 1 aromatic carbocycles. The number of ether oxygens (including phenoxy) is 1. The fourth-order valence-electron chi connectivity index (χ4n) is 2.48. The van der Waals surface area contributed by atoms with Gasteiger partial charge in [-0.05, 0) is 44.0 Å². The summed E-state index contributed by atoms with van der Waals surface area (Å²) in [6.07, 6.45) is -0.137. The quantitative estimate of drug-likeness (QED) is 0.531. The molecule has 22 heavy (non-hydrogen) atoms. The number of hydrogen-bond acceptors (Lipinski definition) is 2. The summed E-state index contributed by atoms with van der Waals surface area (Å²) in [6, 6.07) is 5.49. The Kier molecular flexibility index (Phi) is 5.77. The van der Waals surface area contributed by atoms with Crippen LogP contribution in [0.25, 0.3) is 5.70 Å².